The van der Waals surface area contributed by atoms with Crippen LogP contribution in [0.2, 0.25) is 0 Å². The number of rotatable bonds is 8. The van der Waals surface area contributed by atoms with Crippen LogP contribution in [0, 0.1) is 5.92 Å². The standard InChI is InChI=1S/C21H28N2O4S/c1-14(2)16-7-6-8-17(13-16)22-21(24)20(15(3)4)23-28(25,26)19-11-9-18(27-5)10-12-19/h6-15,20,23H,1-5H3,(H,22,24). The Kier molecular flexibility index (Phi) is 7.21. The number of anilines is 1. The van der Waals surface area contributed by atoms with Crippen LogP contribution in [0.25, 0.3) is 0 Å². The fourth-order valence-corrected chi connectivity index (χ4v) is 4.02. The first kappa shape index (κ1) is 21.9. The Morgan fingerprint density at radius 2 is 1.64 bits per heavy atom. The first-order valence-electron chi connectivity index (χ1n) is 9.21. The van der Waals surface area contributed by atoms with E-state index in [1.807, 2.05) is 18.2 Å². The van der Waals surface area contributed by atoms with Crippen molar-refractivity contribution in [3.63, 3.8) is 0 Å². The van der Waals surface area contributed by atoms with Crippen molar-refractivity contribution >= 4 is 21.6 Å². The third-order valence-corrected chi connectivity index (χ3v) is 5.88. The highest BCUT2D eigenvalue weighted by molar-refractivity contribution is 7.89. The molecular formula is C21H28N2O4S. The Morgan fingerprint density at radius 3 is 2.18 bits per heavy atom. The lowest BCUT2D eigenvalue weighted by molar-refractivity contribution is -0.118. The summed E-state index contributed by atoms with van der Waals surface area (Å²) >= 11 is 0. The van der Waals surface area contributed by atoms with Crippen LogP contribution in [0.5, 0.6) is 5.75 Å². The van der Waals surface area contributed by atoms with E-state index < -0.39 is 22.0 Å². The molecule has 0 heterocycles. The van der Waals surface area contributed by atoms with Gasteiger partial charge < -0.3 is 10.1 Å². The lowest BCUT2D eigenvalue weighted by atomic mass is 10.0. The van der Waals surface area contributed by atoms with Gasteiger partial charge in [0.15, 0.2) is 0 Å². The van der Waals surface area contributed by atoms with Gasteiger partial charge in [0.2, 0.25) is 15.9 Å². The van der Waals surface area contributed by atoms with Gasteiger partial charge in [-0.2, -0.15) is 4.72 Å². The van der Waals surface area contributed by atoms with E-state index in [1.165, 1.54) is 19.2 Å². The Labute approximate surface area is 167 Å². The third-order valence-electron chi connectivity index (χ3n) is 4.42. The second kappa shape index (κ2) is 9.21. The smallest absolute Gasteiger partial charge is 0.242 e. The van der Waals surface area contributed by atoms with E-state index in [2.05, 4.69) is 23.9 Å². The molecule has 1 atom stereocenters. The largest absolute Gasteiger partial charge is 0.497 e. The molecule has 2 aromatic carbocycles. The fourth-order valence-electron chi connectivity index (χ4n) is 2.68. The Morgan fingerprint density at radius 1 is 1.00 bits per heavy atom. The topological polar surface area (TPSA) is 84.5 Å². The van der Waals surface area contributed by atoms with Gasteiger partial charge >= 0.3 is 0 Å². The average molecular weight is 405 g/mol. The van der Waals surface area contributed by atoms with Gasteiger partial charge in [-0.1, -0.05) is 39.8 Å². The first-order valence-corrected chi connectivity index (χ1v) is 10.7. The van der Waals surface area contributed by atoms with Crippen molar-refractivity contribution in [1.29, 1.82) is 0 Å². The summed E-state index contributed by atoms with van der Waals surface area (Å²) in [5.41, 5.74) is 1.74. The molecule has 0 aliphatic carbocycles. The molecule has 0 aliphatic rings. The highest BCUT2D eigenvalue weighted by Crippen LogP contribution is 2.20. The molecule has 0 bridgehead atoms. The quantitative estimate of drug-likeness (QED) is 0.702. The molecule has 28 heavy (non-hydrogen) atoms. The number of carbonyl (C=O) groups excluding carboxylic acids is 1. The van der Waals surface area contributed by atoms with E-state index in [4.69, 9.17) is 4.74 Å². The summed E-state index contributed by atoms with van der Waals surface area (Å²) in [5, 5.41) is 2.83. The monoisotopic (exact) mass is 404 g/mol. The zero-order valence-electron chi connectivity index (χ0n) is 16.9. The van der Waals surface area contributed by atoms with Crippen molar-refractivity contribution in [2.75, 3.05) is 12.4 Å². The van der Waals surface area contributed by atoms with Crippen LogP contribution >= 0.6 is 0 Å². The summed E-state index contributed by atoms with van der Waals surface area (Å²) in [4.78, 5) is 12.9. The maximum Gasteiger partial charge on any atom is 0.242 e. The van der Waals surface area contributed by atoms with Gasteiger partial charge in [0, 0.05) is 5.69 Å². The van der Waals surface area contributed by atoms with Crippen LogP contribution in [-0.2, 0) is 14.8 Å². The van der Waals surface area contributed by atoms with Crippen molar-refractivity contribution in [3.8, 4) is 5.75 Å². The van der Waals surface area contributed by atoms with Gasteiger partial charge in [0.05, 0.1) is 12.0 Å². The molecule has 1 unspecified atom stereocenters. The summed E-state index contributed by atoms with van der Waals surface area (Å²) in [5.74, 6) is 0.253. The van der Waals surface area contributed by atoms with Crippen LogP contribution in [-0.4, -0.2) is 27.5 Å². The summed E-state index contributed by atoms with van der Waals surface area (Å²) < 4.78 is 33.0. The highest BCUT2D eigenvalue weighted by atomic mass is 32.2. The molecular weight excluding hydrogens is 376 g/mol. The average Bonchev–Trinajstić information content (AvgIpc) is 2.66. The summed E-state index contributed by atoms with van der Waals surface area (Å²) in [6, 6.07) is 12.7. The number of sulfonamides is 1. The van der Waals surface area contributed by atoms with E-state index in [0.717, 1.165) is 5.56 Å². The van der Waals surface area contributed by atoms with E-state index in [-0.39, 0.29) is 10.8 Å². The number of nitrogens with one attached hydrogen (secondary N) is 2. The van der Waals surface area contributed by atoms with Gasteiger partial charge in [-0.3, -0.25) is 4.79 Å². The van der Waals surface area contributed by atoms with Crippen LogP contribution in [0.15, 0.2) is 53.4 Å². The van der Waals surface area contributed by atoms with Gasteiger partial charge in [-0.05, 0) is 53.8 Å². The minimum absolute atomic E-state index is 0.0774. The van der Waals surface area contributed by atoms with Crippen LogP contribution < -0.4 is 14.8 Å². The lowest BCUT2D eigenvalue weighted by Crippen LogP contribution is -2.47. The van der Waals surface area contributed by atoms with Crippen molar-refractivity contribution < 1.29 is 17.9 Å². The van der Waals surface area contributed by atoms with Crippen molar-refractivity contribution in [2.45, 2.75) is 44.6 Å². The van der Waals surface area contributed by atoms with Crippen molar-refractivity contribution in [1.82, 2.24) is 4.72 Å². The third kappa shape index (κ3) is 5.56. The second-order valence-corrected chi connectivity index (χ2v) is 9.00. The van der Waals surface area contributed by atoms with E-state index in [0.29, 0.717) is 17.4 Å². The van der Waals surface area contributed by atoms with Gasteiger partial charge in [-0.15, -0.1) is 0 Å². The molecule has 2 rings (SSSR count). The van der Waals surface area contributed by atoms with Crippen LogP contribution in [0.1, 0.15) is 39.2 Å². The first-order chi connectivity index (χ1) is 13.1. The number of methoxy groups -OCH3 is 1. The number of benzene rings is 2. The molecule has 2 N–H and O–H groups in total. The molecule has 1 amide bonds. The highest BCUT2D eigenvalue weighted by Gasteiger charge is 2.28. The minimum Gasteiger partial charge on any atom is -0.497 e. The van der Waals surface area contributed by atoms with E-state index >= 15 is 0 Å². The minimum atomic E-state index is -3.85. The Balaban J connectivity index is 2.19. The van der Waals surface area contributed by atoms with E-state index in [1.54, 1.807) is 32.0 Å². The molecule has 2 aromatic rings. The number of ether oxygens (including phenoxy) is 1. The predicted molar refractivity (Wildman–Crippen MR) is 111 cm³/mol. The summed E-state index contributed by atoms with van der Waals surface area (Å²) in [6.07, 6.45) is 0. The molecule has 0 fully saturated rings. The molecule has 0 radical (unpaired) electrons. The second-order valence-electron chi connectivity index (χ2n) is 7.29. The van der Waals surface area contributed by atoms with Crippen molar-refractivity contribution in [2.24, 2.45) is 5.92 Å². The van der Waals surface area contributed by atoms with Crippen LogP contribution in [0.4, 0.5) is 5.69 Å². The molecule has 0 aliphatic heterocycles. The molecule has 6 nitrogen and oxygen atoms in total. The van der Waals surface area contributed by atoms with Gasteiger partial charge in [0.25, 0.3) is 0 Å². The zero-order valence-corrected chi connectivity index (χ0v) is 17.7. The van der Waals surface area contributed by atoms with Crippen LogP contribution in [0.3, 0.4) is 0 Å². The molecule has 0 saturated heterocycles. The Hall–Kier alpha value is -2.38. The maximum atomic E-state index is 12.8. The van der Waals surface area contributed by atoms with Crippen molar-refractivity contribution in [3.05, 3.63) is 54.1 Å². The predicted octanol–water partition coefficient (Wildman–Crippen LogP) is 3.76. The number of carbonyl (C=O) groups is 1. The summed E-state index contributed by atoms with van der Waals surface area (Å²) in [7, 11) is -2.35. The number of hydrogen-bond donors (Lipinski definition) is 2. The number of hydrogen-bond acceptors (Lipinski definition) is 4. The Bertz CT molecular complexity index is 906. The summed E-state index contributed by atoms with van der Waals surface area (Å²) in [6.45, 7) is 7.73. The molecule has 0 spiro atoms. The van der Waals surface area contributed by atoms with Gasteiger partial charge in [-0.25, -0.2) is 8.42 Å². The zero-order chi connectivity index (χ0) is 20.9. The normalized spacial score (nSPS) is 12.8. The number of amides is 1. The van der Waals surface area contributed by atoms with E-state index in [9.17, 15) is 13.2 Å². The lowest BCUT2D eigenvalue weighted by Gasteiger charge is -2.22. The molecule has 0 aromatic heterocycles. The molecule has 152 valence electrons. The SMILES string of the molecule is COc1ccc(S(=O)(=O)NC(C(=O)Nc2cccc(C(C)C)c2)C(C)C)cc1. The fraction of sp³-hybridized carbons (Fsp3) is 0.381. The van der Waals surface area contributed by atoms with Gasteiger partial charge in [0.1, 0.15) is 11.8 Å². The maximum absolute atomic E-state index is 12.8. The molecule has 7 heteroatoms. The molecule has 0 saturated carbocycles.